The van der Waals surface area contributed by atoms with Gasteiger partial charge >= 0.3 is 6.03 Å². The van der Waals surface area contributed by atoms with Crippen LogP contribution in [0, 0.1) is 11.7 Å². The van der Waals surface area contributed by atoms with E-state index in [1.54, 1.807) is 17.0 Å². The van der Waals surface area contributed by atoms with Crippen LogP contribution in [0.4, 0.5) is 20.6 Å². The molecule has 0 saturated carbocycles. The Labute approximate surface area is 189 Å². The number of nitrogens with one attached hydrogen (secondary N) is 1. The van der Waals surface area contributed by atoms with Crippen molar-refractivity contribution in [1.29, 1.82) is 0 Å². The van der Waals surface area contributed by atoms with Crippen LogP contribution >= 0.6 is 0 Å². The first-order valence-corrected chi connectivity index (χ1v) is 11.5. The molecule has 3 amide bonds. The zero-order valence-corrected chi connectivity index (χ0v) is 18.4. The van der Waals surface area contributed by atoms with Gasteiger partial charge in [0.1, 0.15) is 5.82 Å². The molecule has 4 rings (SSSR count). The fraction of sp³-hybridized carbons (Fsp3) is 0.440. The second kappa shape index (κ2) is 10.5. The molecule has 0 aliphatic carbocycles. The molecular formula is C25H31FN4O2. The van der Waals surface area contributed by atoms with E-state index < -0.39 is 0 Å². The second-order valence-electron chi connectivity index (χ2n) is 8.63. The summed E-state index contributed by atoms with van der Waals surface area (Å²) >= 11 is 0. The summed E-state index contributed by atoms with van der Waals surface area (Å²) in [5, 5.41) is 2.83. The molecule has 2 heterocycles. The molecule has 170 valence electrons. The molecule has 2 saturated heterocycles. The van der Waals surface area contributed by atoms with Crippen LogP contribution in [0.15, 0.2) is 54.6 Å². The lowest BCUT2D eigenvalue weighted by molar-refractivity contribution is -0.131. The zero-order valence-electron chi connectivity index (χ0n) is 18.4. The molecule has 0 unspecified atom stereocenters. The van der Waals surface area contributed by atoms with Crippen molar-refractivity contribution in [3.05, 3.63) is 60.4 Å². The molecular weight excluding hydrogens is 407 g/mol. The lowest BCUT2D eigenvalue weighted by Crippen LogP contribution is -2.49. The number of amides is 3. The van der Waals surface area contributed by atoms with E-state index in [2.05, 4.69) is 22.3 Å². The van der Waals surface area contributed by atoms with E-state index >= 15 is 0 Å². The topological polar surface area (TPSA) is 55.9 Å². The van der Waals surface area contributed by atoms with Crippen LogP contribution in [0.25, 0.3) is 0 Å². The number of nitrogens with zero attached hydrogens (tertiary/aromatic N) is 3. The normalized spacial score (nSPS) is 19.0. The highest BCUT2D eigenvalue weighted by atomic mass is 19.1. The van der Waals surface area contributed by atoms with Crippen molar-refractivity contribution in [2.75, 3.05) is 49.5 Å². The third kappa shape index (κ3) is 5.78. The van der Waals surface area contributed by atoms with Gasteiger partial charge in [0.25, 0.3) is 0 Å². The average Bonchev–Trinajstić information content (AvgIpc) is 2.85. The minimum absolute atomic E-state index is 0.162. The number of para-hydroxylation sites is 1. The maximum Gasteiger partial charge on any atom is 0.321 e. The summed E-state index contributed by atoms with van der Waals surface area (Å²) in [6, 6.07) is 15.9. The van der Waals surface area contributed by atoms with Crippen molar-refractivity contribution in [3.63, 3.8) is 0 Å². The Kier molecular flexibility index (Phi) is 7.24. The molecule has 7 heteroatoms. The number of carbonyl (C=O) groups excluding carboxylic acids is 2. The number of piperazine rings is 1. The molecule has 1 N–H and O–H groups in total. The molecule has 2 aromatic rings. The molecule has 6 nitrogen and oxygen atoms in total. The molecule has 32 heavy (non-hydrogen) atoms. The van der Waals surface area contributed by atoms with E-state index in [1.807, 2.05) is 23.1 Å². The minimum Gasteiger partial charge on any atom is -0.368 e. The summed E-state index contributed by atoms with van der Waals surface area (Å²) in [6.07, 6.45) is 3.31. The Morgan fingerprint density at radius 3 is 2.34 bits per heavy atom. The van der Waals surface area contributed by atoms with Crippen LogP contribution in [0.1, 0.15) is 25.7 Å². The number of carbonyl (C=O) groups is 2. The molecule has 0 aromatic heterocycles. The van der Waals surface area contributed by atoms with Crippen molar-refractivity contribution < 1.29 is 14.0 Å². The summed E-state index contributed by atoms with van der Waals surface area (Å²) in [7, 11) is 0. The van der Waals surface area contributed by atoms with Crippen LogP contribution in [-0.2, 0) is 4.79 Å². The first-order chi connectivity index (χ1) is 15.6. The van der Waals surface area contributed by atoms with Gasteiger partial charge in [0, 0.05) is 57.1 Å². The molecule has 0 spiro atoms. The van der Waals surface area contributed by atoms with E-state index in [-0.39, 0.29) is 17.8 Å². The smallest absolute Gasteiger partial charge is 0.321 e. The molecule has 2 fully saturated rings. The number of anilines is 2. The Morgan fingerprint density at radius 2 is 1.62 bits per heavy atom. The lowest BCUT2D eigenvalue weighted by Gasteiger charge is -2.37. The van der Waals surface area contributed by atoms with Crippen molar-refractivity contribution in [2.45, 2.75) is 25.7 Å². The van der Waals surface area contributed by atoms with Crippen LogP contribution in [0.2, 0.25) is 0 Å². The quantitative estimate of drug-likeness (QED) is 0.761. The third-order valence-electron chi connectivity index (χ3n) is 6.42. The first-order valence-electron chi connectivity index (χ1n) is 11.5. The van der Waals surface area contributed by atoms with E-state index in [0.717, 1.165) is 45.4 Å². The van der Waals surface area contributed by atoms with E-state index in [4.69, 9.17) is 0 Å². The molecule has 1 atom stereocenters. The number of hydrogen-bond donors (Lipinski definition) is 1. The zero-order chi connectivity index (χ0) is 22.3. The highest BCUT2D eigenvalue weighted by molar-refractivity contribution is 5.89. The van der Waals surface area contributed by atoms with Gasteiger partial charge in [-0.3, -0.25) is 4.79 Å². The van der Waals surface area contributed by atoms with Crippen molar-refractivity contribution in [2.24, 2.45) is 5.92 Å². The average molecular weight is 439 g/mol. The second-order valence-corrected chi connectivity index (χ2v) is 8.63. The lowest BCUT2D eigenvalue weighted by atomic mass is 9.93. The number of rotatable bonds is 5. The summed E-state index contributed by atoms with van der Waals surface area (Å²) in [5.41, 5.74) is 1.80. The van der Waals surface area contributed by atoms with Crippen LogP contribution < -0.4 is 10.2 Å². The van der Waals surface area contributed by atoms with Gasteiger partial charge in [-0.15, -0.1) is 0 Å². The van der Waals surface area contributed by atoms with E-state index in [9.17, 15) is 14.0 Å². The van der Waals surface area contributed by atoms with Gasteiger partial charge < -0.3 is 20.0 Å². The van der Waals surface area contributed by atoms with Gasteiger partial charge in [0.2, 0.25) is 5.91 Å². The summed E-state index contributed by atoms with van der Waals surface area (Å²) in [4.78, 5) is 31.4. The standard InChI is InChI=1S/C25H31FN4O2/c26-21-9-11-22(12-10-21)27-25(32)30-14-4-5-20(19-30)8-13-24(31)29-17-15-28(16-18-29)23-6-2-1-3-7-23/h1-3,6-7,9-12,20H,4-5,8,13-19H2,(H,27,32)/t20-/m0/s1. The van der Waals surface area contributed by atoms with Crippen LogP contribution in [-0.4, -0.2) is 61.0 Å². The van der Waals surface area contributed by atoms with Crippen molar-refractivity contribution in [3.8, 4) is 0 Å². The van der Waals surface area contributed by atoms with Gasteiger partial charge in [-0.05, 0) is 61.6 Å². The van der Waals surface area contributed by atoms with Gasteiger partial charge in [-0.2, -0.15) is 0 Å². The Morgan fingerprint density at radius 1 is 0.906 bits per heavy atom. The fourth-order valence-electron chi connectivity index (χ4n) is 4.56. The van der Waals surface area contributed by atoms with Gasteiger partial charge in [-0.1, -0.05) is 18.2 Å². The largest absolute Gasteiger partial charge is 0.368 e. The van der Waals surface area contributed by atoms with Gasteiger partial charge in [0.05, 0.1) is 0 Å². The van der Waals surface area contributed by atoms with E-state index in [1.165, 1.54) is 17.8 Å². The maximum absolute atomic E-state index is 13.1. The maximum atomic E-state index is 13.1. The molecule has 0 radical (unpaired) electrons. The predicted octanol–water partition coefficient (Wildman–Crippen LogP) is 4.20. The highest BCUT2D eigenvalue weighted by Crippen LogP contribution is 2.23. The van der Waals surface area contributed by atoms with E-state index in [0.29, 0.717) is 31.1 Å². The number of benzene rings is 2. The Bertz CT molecular complexity index is 898. The van der Waals surface area contributed by atoms with Crippen molar-refractivity contribution >= 4 is 23.3 Å². The minimum atomic E-state index is -0.327. The van der Waals surface area contributed by atoms with Crippen molar-refractivity contribution in [1.82, 2.24) is 9.80 Å². The highest BCUT2D eigenvalue weighted by Gasteiger charge is 2.26. The Balaban J connectivity index is 1.20. The van der Waals surface area contributed by atoms with Crippen LogP contribution in [0.3, 0.4) is 0 Å². The van der Waals surface area contributed by atoms with Gasteiger partial charge in [-0.25, -0.2) is 9.18 Å². The number of hydrogen-bond acceptors (Lipinski definition) is 3. The summed E-state index contributed by atoms with van der Waals surface area (Å²) < 4.78 is 13.1. The number of urea groups is 1. The summed E-state index contributed by atoms with van der Waals surface area (Å²) in [6.45, 7) is 4.59. The number of piperidine rings is 1. The fourth-order valence-corrected chi connectivity index (χ4v) is 4.56. The molecule has 0 bridgehead atoms. The monoisotopic (exact) mass is 438 g/mol. The van der Waals surface area contributed by atoms with Gasteiger partial charge in [0.15, 0.2) is 0 Å². The number of halogens is 1. The summed E-state index contributed by atoms with van der Waals surface area (Å²) in [5.74, 6) is 0.218. The first kappa shape index (κ1) is 22.1. The molecule has 2 aliphatic rings. The third-order valence-corrected chi connectivity index (χ3v) is 6.42. The van der Waals surface area contributed by atoms with Crippen LogP contribution in [0.5, 0.6) is 0 Å². The SMILES string of the molecule is O=C(CC[C@@H]1CCCN(C(=O)Nc2ccc(F)cc2)C1)N1CCN(c2ccccc2)CC1. The molecule has 2 aromatic carbocycles. The molecule has 2 aliphatic heterocycles. The predicted molar refractivity (Wildman–Crippen MR) is 124 cm³/mol. The Hall–Kier alpha value is -3.09. The number of likely N-dealkylation sites (tertiary alicyclic amines) is 1.